The Bertz CT molecular complexity index is 766. The summed E-state index contributed by atoms with van der Waals surface area (Å²) in [5.41, 5.74) is 7.48. The van der Waals surface area contributed by atoms with Crippen molar-refractivity contribution >= 4 is 21.5 Å². The molecule has 2 aromatic rings. The van der Waals surface area contributed by atoms with Crippen LogP contribution in [0.1, 0.15) is 12.5 Å². The number of anilines is 2. The van der Waals surface area contributed by atoms with Gasteiger partial charge in [-0.1, -0.05) is 18.2 Å². The van der Waals surface area contributed by atoms with Crippen molar-refractivity contribution in [1.29, 1.82) is 0 Å². The molecule has 3 rings (SSSR count). The van der Waals surface area contributed by atoms with Crippen LogP contribution in [0, 0.1) is 0 Å². The highest BCUT2D eigenvalue weighted by Gasteiger charge is 2.37. The minimum Gasteiger partial charge on any atom is -0.381 e. The molecule has 0 spiro atoms. The van der Waals surface area contributed by atoms with Gasteiger partial charge in [-0.3, -0.25) is 8.99 Å². The molecule has 0 aliphatic carbocycles. The van der Waals surface area contributed by atoms with Gasteiger partial charge in [-0.05, 0) is 25.0 Å². The van der Waals surface area contributed by atoms with Gasteiger partial charge in [-0.2, -0.15) is 5.10 Å². The van der Waals surface area contributed by atoms with Crippen LogP contribution in [0.4, 0.5) is 11.5 Å². The second kappa shape index (κ2) is 4.24. The second-order valence-electron chi connectivity index (χ2n) is 5.03. The zero-order valence-corrected chi connectivity index (χ0v) is 12.1. The van der Waals surface area contributed by atoms with Gasteiger partial charge in [0.25, 0.3) is 10.0 Å². The number of nitrogens with two attached hydrogens (primary N) is 1. The molecule has 1 atom stereocenters. The maximum absolute atomic E-state index is 12.8. The molecule has 106 valence electrons. The van der Waals surface area contributed by atoms with Crippen molar-refractivity contribution in [3.63, 3.8) is 0 Å². The zero-order valence-electron chi connectivity index (χ0n) is 11.3. The molecule has 7 heteroatoms. The van der Waals surface area contributed by atoms with Gasteiger partial charge in [0.1, 0.15) is 4.90 Å². The summed E-state index contributed by atoms with van der Waals surface area (Å²) in [6.45, 7) is 1.89. The predicted molar refractivity (Wildman–Crippen MR) is 76.9 cm³/mol. The first-order valence-corrected chi connectivity index (χ1v) is 7.76. The minimum atomic E-state index is -3.69. The number of aryl methyl sites for hydroxylation is 1. The molecule has 0 saturated carbocycles. The predicted octanol–water partition coefficient (Wildman–Crippen LogP) is 1.14. The number of hydrogen-bond donors (Lipinski definition) is 1. The van der Waals surface area contributed by atoms with Crippen LogP contribution in [0.25, 0.3) is 0 Å². The smallest absolute Gasteiger partial charge is 0.269 e. The Balaban J connectivity index is 2.15. The lowest BCUT2D eigenvalue weighted by Gasteiger charge is -2.23. The molecule has 0 amide bonds. The molecule has 1 aliphatic rings. The third-order valence-corrected chi connectivity index (χ3v) is 5.45. The minimum absolute atomic E-state index is 0.0316. The van der Waals surface area contributed by atoms with Crippen LogP contribution in [-0.4, -0.2) is 24.2 Å². The largest absolute Gasteiger partial charge is 0.381 e. The number of fused-ring (bicyclic) bond motifs is 1. The number of nitrogen functional groups attached to an aromatic ring is 1. The Morgan fingerprint density at radius 3 is 2.70 bits per heavy atom. The third kappa shape index (κ3) is 1.77. The number of nitrogens with zero attached hydrogens (tertiary/aromatic N) is 3. The standard InChI is InChI=1S/C13H16N4O2S/c1-9-7-10-5-3-4-6-11(10)17(9)20(18,19)12-8-16(2)15-13(12)14/h3-6,8-9H,7H2,1-2H3,(H2,14,15). The molecule has 0 radical (unpaired) electrons. The van der Waals surface area contributed by atoms with Gasteiger partial charge < -0.3 is 5.73 Å². The Kier molecular flexibility index (Phi) is 2.75. The maximum atomic E-state index is 12.8. The van der Waals surface area contributed by atoms with Crippen LogP contribution in [0.3, 0.4) is 0 Å². The molecule has 1 aliphatic heterocycles. The average Bonchev–Trinajstić information content (AvgIpc) is 2.88. The fraction of sp³-hybridized carbons (Fsp3) is 0.308. The molecular weight excluding hydrogens is 276 g/mol. The van der Waals surface area contributed by atoms with Gasteiger partial charge in [-0.25, -0.2) is 8.42 Å². The van der Waals surface area contributed by atoms with E-state index in [-0.39, 0.29) is 16.8 Å². The summed E-state index contributed by atoms with van der Waals surface area (Å²) in [4.78, 5) is 0.0588. The summed E-state index contributed by atoms with van der Waals surface area (Å²) in [6, 6.07) is 7.40. The van der Waals surface area contributed by atoms with E-state index in [0.717, 1.165) is 11.3 Å². The molecule has 1 unspecified atom stereocenters. The van der Waals surface area contributed by atoms with Crippen molar-refractivity contribution in [2.75, 3.05) is 10.0 Å². The molecule has 2 heterocycles. The zero-order chi connectivity index (χ0) is 14.5. The SMILES string of the molecule is CC1Cc2ccccc2N1S(=O)(=O)c1cn(C)nc1N. The molecular formula is C13H16N4O2S. The van der Waals surface area contributed by atoms with Gasteiger partial charge in [0.05, 0.1) is 5.69 Å². The van der Waals surface area contributed by atoms with E-state index in [2.05, 4.69) is 5.10 Å². The topological polar surface area (TPSA) is 81.2 Å². The van der Waals surface area contributed by atoms with E-state index < -0.39 is 10.0 Å². The number of aromatic nitrogens is 2. The summed E-state index contributed by atoms with van der Waals surface area (Å²) in [6.07, 6.45) is 2.15. The Morgan fingerprint density at radius 1 is 1.35 bits per heavy atom. The molecule has 0 saturated heterocycles. The van der Waals surface area contributed by atoms with Crippen molar-refractivity contribution in [3.05, 3.63) is 36.0 Å². The van der Waals surface area contributed by atoms with E-state index in [1.54, 1.807) is 7.05 Å². The van der Waals surface area contributed by atoms with E-state index >= 15 is 0 Å². The summed E-state index contributed by atoms with van der Waals surface area (Å²) in [7, 11) is -2.04. The first-order chi connectivity index (χ1) is 9.41. The molecule has 0 bridgehead atoms. The van der Waals surface area contributed by atoms with E-state index in [1.165, 1.54) is 15.2 Å². The van der Waals surface area contributed by atoms with E-state index in [1.807, 2.05) is 31.2 Å². The van der Waals surface area contributed by atoms with E-state index in [9.17, 15) is 8.42 Å². The Morgan fingerprint density at radius 2 is 2.05 bits per heavy atom. The lowest BCUT2D eigenvalue weighted by molar-refractivity contribution is 0.584. The summed E-state index contributed by atoms with van der Waals surface area (Å²) in [5.74, 6) is 0.0316. The van der Waals surface area contributed by atoms with Gasteiger partial charge in [-0.15, -0.1) is 0 Å². The average molecular weight is 292 g/mol. The fourth-order valence-corrected chi connectivity index (χ4v) is 4.48. The molecule has 2 N–H and O–H groups in total. The summed E-state index contributed by atoms with van der Waals surface area (Å²) >= 11 is 0. The van der Waals surface area contributed by atoms with Crippen molar-refractivity contribution in [2.45, 2.75) is 24.3 Å². The van der Waals surface area contributed by atoms with Crippen LogP contribution < -0.4 is 10.0 Å². The van der Waals surface area contributed by atoms with Gasteiger partial charge >= 0.3 is 0 Å². The number of benzene rings is 1. The monoisotopic (exact) mass is 292 g/mol. The lowest BCUT2D eigenvalue weighted by Crippen LogP contribution is -2.35. The van der Waals surface area contributed by atoms with E-state index in [0.29, 0.717) is 6.42 Å². The number of para-hydroxylation sites is 1. The highest BCUT2D eigenvalue weighted by Crippen LogP contribution is 2.37. The van der Waals surface area contributed by atoms with Crippen LogP contribution in [0.15, 0.2) is 35.4 Å². The van der Waals surface area contributed by atoms with Crippen molar-refractivity contribution in [3.8, 4) is 0 Å². The number of rotatable bonds is 2. The molecule has 0 fully saturated rings. The molecule has 1 aromatic carbocycles. The van der Waals surface area contributed by atoms with Gasteiger partial charge in [0.2, 0.25) is 0 Å². The first-order valence-electron chi connectivity index (χ1n) is 6.32. The maximum Gasteiger partial charge on any atom is 0.269 e. The summed E-state index contributed by atoms with van der Waals surface area (Å²) in [5, 5.41) is 3.92. The van der Waals surface area contributed by atoms with Crippen molar-refractivity contribution in [1.82, 2.24) is 9.78 Å². The van der Waals surface area contributed by atoms with Crippen LogP contribution in [0.2, 0.25) is 0 Å². The molecule has 1 aromatic heterocycles. The molecule has 6 nitrogen and oxygen atoms in total. The third-order valence-electron chi connectivity index (χ3n) is 3.50. The quantitative estimate of drug-likeness (QED) is 0.900. The van der Waals surface area contributed by atoms with Gasteiger partial charge in [0, 0.05) is 19.3 Å². The highest BCUT2D eigenvalue weighted by molar-refractivity contribution is 7.93. The van der Waals surface area contributed by atoms with E-state index in [4.69, 9.17) is 5.73 Å². The lowest BCUT2D eigenvalue weighted by atomic mass is 10.1. The van der Waals surface area contributed by atoms with Crippen molar-refractivity contribution in [2.24, 2.45) is 7.05 Å². The van der Waals surface area contributed by atoms with Crippen molar-refractivity contribution < 1.29 is 8.42 Å². The first kappa shape index (κ1) is 13.0. The summed E-state index contributed by atoms with van der Waals surface area (Å²) < 4.78 is 28.5. The number of sulfonamides is 1. The van der Waals surface area contributed by atoms with Crippen LogP contribution in [0.5, 0.6) is 0 Å². The number of hydrogen-bond acceptors (Lipinski definition) is 4. The molecule has 20 heavy (non-hydrogen) atoms. The second-order valence-corrected chi connectivity index (χ2v) is 6.82. The normalized spacial score (nSPS) is 18.3. The highest BCUT2D eigenvalue weighted by atomic mass is 32.2. The van der Waals surface area contributed by atoms with Crippen LogP contribution in [-0.2, 0) is 23.5 Å². The van der Waals surface area contributed by atoms with Crippen LogP contribution >= 0.6 is 0 Å². The van der Waals surface area contributed by atoms with Gasteiger partial charge in [0.15, 0.2) is 5.82 Å². The Labute approximate surface area is 117 Å². The Hall–Kier alpha value is -2.02. The fourth-order valence-electron chi connectivity index (χ4n) is 2.69.